The molecule has 2 heterocycles. The Hall–Kier alpha value is -2.31. The van der Waals surface area contributed by atoms with Crippen LogP contribution in [0.1, 0.15) is 19.8 Å². The van der Waals surface area contributed by atoms with E-state index >= 15 is 0 Å². The second kappa shape index (κ2) is 6.06. The van der Waals surface area contributed by atoms with Crippen LogP contribution >= 0.6 is 0 Å². The van der Waals surface area contributed by atoms with Gasteiger partial charge in [-0.05, 0) is 19.4 Å². The first kappa shape index (κ1) is 15.6. The number of hydrogen-bond donors (Lipinski definition) is 0. The second-order valence-corrected chi connectivity index (χ2v) is 5.70. The van der Waals surface area contributed by atoms with Gasteiger partial charge in [-0.1, -0.05) is 0 Å². The predicted molar refractivity (Wildman–Crippen MR) is 75.5 cm³/mol. The molecule has 1 aliphatic carbocycles. The van der Waals surface area contributed by atoms with Crippen LogP contribution in [0.3, 0.4) is 0 Å². The van der Waals surface area contributed by atoms with Crippen molar-refractivity contribution in [3.8, 4) is 0 Å². The molecule has 1 saturated heterocycles. The first-order valence-corrected chi connectivity index (χ1v) is 7.55. The smallest absolute Gasteiger partial charge is 0.338 e. The van der Waals surface area contributed by atoms with Gasteiger partial charge in [0.1, 0.15) is 11.5 Å². The lowest BCUT2D eigenvalue weighted by molar-refractivity contribution is -0.163. The Morgan fingerprint density at radius 3 is 2.74 bits per heavy atom. The van der Waals surface area contributed by atoms with Crippen molar-refractivity contribution < 1.29 is 33.3 Å². The topological polar surface area (TPSA) is 88.1 Å². The van der Waals surface area contributed by atoms with Gasteiger partial charge in [0.2, 0.25) is 0 Å². The number of rotatable bonds is 1. The van der Waals surface area contributed by atoms with Crippen LogP contribution < -0.4 is 0 Å². The van der Waals surface area contributed by atoms with E-state index in [1.165, 1.54) is 7.11 Å². The van der Waals surface area contributed by atoms with Gasteiger partial charge >= 0.3 is 17.9 Å². The first-order chi connectivity index (χ1) is 11.0. The van der Waals surface area contributed by atoms with Gasteiger partial charge in [0.25, 0.3) is 0 Å². The highest BCUT2D eigenvalue weighted by atomic mass is 16.6. The van der Waals surface area contributed by atoms with Crippen molar-refractivity contribution in [1.82, 2.24) is 0 Å². The van der Waals surface area contributed by atoms with E-state index in [0.29, 0.717) is 24.4 Å². The number of cyclic esters (lactones) is 2. The fraction of sp³-hybridized carbons (Fsp3) is 0.562. The molecular formula is C16H18O7. The third-order valence-electron chi connectivity index (χ3n) is 4.40. The molecule has 3 aliphatic rings. The van der Waals surface area contributed by atoms with Crippen LogP contribution in [0.15, 0.2) is 23.2 Å². The Kier molecular flexibility index (Phi) is 4.11. The minimum absolute atomic E-state index is 0.140. The first-order valence-electron chi connectivity index (χ1n) is 7.55. The summed E-state index contributed by atoms with van der Waals surface area (Å²) < 4.78 is 20.9. The molecule has 0 bridgehead atoms. The average Bonchev–Trinajstić information content (AvgIpc) is 2.87. The van der Waals surface area contributed by atoms with Gasteiger partial charge in [-0.15, -0.1) is 0 Å². The number of ether oxygens (including phenoxy) is 4. The molecule has 0 amide bonds. The standard InChI is InChI=1S/C16H18O7/c1-8-11-13-10(23-8)5-4-9(14(17)20-2)12(13)16(19)22-7-3-6-21-15(11)18/h5,9,12-13H,3-4,6-7H2,1-2H3/t9-,12+,13-/m1/s1. The van der Waals surface area contributed by atoms with Crippen molar-refractivity contribution in [2.45, 2.75) is 19.8 Å². The molecule has 1 fully saturated rings. The van der Waals surface area contributed by atoms with Crippen LogP contribution in [0.25, 0.3) is 0 Å². The molecule has 2 aliphatic heterocycles. The fourth-order valence-electron chi connectivity index (χ4n) is 3.34. The summed E-state index contributed by atoms with van der Waals surface area (Å²) in [6.07, 6.45) is 2.44. The summed E-state index contributed by atoms with van der Waals surface area (Å²) in [6.45, 7) is 1.96. The second-order valence-electron chi connectivity index (χ2n) is 5.70. The molecule has 3 rings (SSSR count). The van der Waals surface area contributed by atoms with Crippen molar-refractivity contribution in [1.29, 1.82) is 0 Å². The number of allylic oxidation sites excluding steroid dienone is 3. The molecule has 0 radical (unpaired) electrons. The van der Waals surface area contributed by atoms with E-state index in [-0.39, 0.29) is 18.8 Å². The number of esters is 3. The van der Waals surface area contributed by atoms with E-state index in [0.717, 1.165) is 0 Å². The normalized spacial score (nSPS) is 30.5. The maximum Gasteiger partial charge on any atom is 0.338 e. The summed E-state index contributed by atoms with van der Waals surface area (Å²) in [4.78, 5) is 37.0. The van der Waals surface area contributed by atoms with E-state index in [4.69, 9.17) is 18.9 Å². The highest BCUT2D eigenvalue weighted by Gasteiger charge is 2.52. The Morgan fingerprint density at radius 2 is 2.00 bits per heavy atom. The SMILES string of the molecule is COC(=O)[C@@H]1CC=C2OC(C)=C3C(=O)OCCCOC(=O)[C@@H]1[C@H]23. The molecule has 7 nitrogen and oxygen atoms in total. The lowest BCUT2D eigenvalue weighted by Crippen LogP contribution is -2.41. The van der Waals surface area contributed by atoms with Crippen molar-refractivity contribution in [2.75, 3.05) is 20.3 Å². The number of hydrogen-bond acceptors (Lipinski definition) is 7. The minimum Gasteiger partial charge on any atom is -0.469 e. The molecule has 124 valence electrons. The molecule has 0 aromatic carbocycles. The summed E-state index contributed by atoms with van der Waals surface area (Å²) >= 11 is 0. The summed E-state index contributed by atoms with van der Waals surface area (Å²) in [5.74, 6) is -2.85. The Balaban J connectivity index is 2.06. The van der Waals surface area contributed by atoms with Crippen LogP contribution in [-0.4, -0.2) is 38.2 Å². The minimum atomic E-state index is -0.847. The van der Waals surface area contributed by atoms with E-state index in [1.807, 2.05) is 0 Å². The highest BCUT2D eigenvalue weighted by molar-refractivity contribution is 5.94. The molecular weight excluding hydrogens is 304 g/mol. The Morgan fingerprint density at radius 1 is 1.26 bits per heavy atom. The maximum absolute atomic E-state index is 12.5. The van der Waals surface area contributed by atoms with Crippen molar-refractivity contribution >= 4 is 17.9 Å². The van der Waals surface area contributed by atoms with Gasteiger partial charge in [0.15, 0.2) is 0 Å². The van der Waals surface area contributed by atoms with Crippen LogP contribution in [-0.2, 0) is 33.3 Å². The van der Waals surface area contributed by atoms with E-state index in [9.17, 15) is 14.4 Å². The largest absolute Gasteiger partial charge is 0.469 e. The molecule has 23 heavy (non-hydrogen) atoms. The highest BCUT2D eigenvalue weighted by Crippen LogP contribution is 2.47. The number of carbonyl (C=O) groups is 3. The zero-order valence-corrected chi connectivity index (χ0v) is 13.0. The van der Waals surface area contributed by atoms with Gasteiger partial charge in [0, 0.05) is 6.42 Å². The van der Waals surface area contributed by atoms with Crippen LogP contribution in [0.5, 0.6) is 0 Å². The zero-order valence-electron chi connectivity index (χ0n) is 13.0. The quantitative estimate of drug-likeness (QED) is 0.527. The third kappa shape index (κ3) is 2.60. The monoisotopic (exact) mass is 322 g/mol. The van der Waals surface area contributed by atoms with Crippen LogP contribution in [0.4, 0.5) is 0 Å². The van der Waals surface area contributed by atoms with Gasteiger partial charge in [-0.25, -0.2) is 4.79 Å². The molecule has 7 heteroatoms. The Bertz CT molecular complexity index is 616. The van der Waals surface area contributed by atoms with Gasteiger partial charge < -0.3 is 18.9 Å². The molecule has 0 spiro atoms. The van der Waals surface area contributed by atoms with Gasteiger partial charge in [-0.3, -0.25) is 9.59 Å². The molecule has 0 saturated carbocycles. The molecule has 0 N–H and O–H groups in total. The van der Waals surface area contributed by atoms with Crippen molar-refractivity contribution in [3.05, 3.63) is 23.2 Å². The fourth-order valence-corrected chi connectivity index (χ4v) is 3.34. The molecule has 3 atom stereocenters. The lowest BCUT2D eigenvalue weighted by atomic mass is 9.72. The van der Waals surface area contributed by atoms with Crippen molar-refractivity contribution in [2.24, 2.45) is 17.8 Å². The van der Waals surface area contributed by atoms with E-state index < -0.39 is 35.7 Å². The zero-order chi connectivity index (χ0) is 16.6. The lowest BCUT2D eigenvalue weighted by Gasteiger charge is -2.32. The Labute approximate surface area is 133 Å². The van der Waals surface area contributed by atoms with E-state index in [1.54, 1.807) is 13.0 Å². The summed E-state index contributed by atoms with van der Waals surface area (Å²) in [5.41, 5.74) is 0.286. The average molecular weight is 322 g/mol. The van der Waals surface area contributed by atoms with Crippen molar-refractivity contribution in [3.63, 3.8) is 0 Å². The predicted octanol–water partition coefficient (Wildman–Crippen LogP) is 1.09. The van der Waals surface area contributed by atoms with Crippen LogP contribution in [0.2, 0.25) is 0 Å². The summed E-state index contributed by atoms with van der Waals surface area (Å²) in [7, 11) is 1.27. The molecule has 0 aromatic rings. The summed E-state index contributed by atoms with van der Waals surface area (Å²) in [6, 6.07) is 0. The van der Waals surface area contributed by atoms with Gasteiger partial charge in [-0.2, -0.15) is 0 Å². The third-order valence-corrected chi connectivity index (χ3v) is 4.40. The summed E-state index contributed by atoms with van der Waals surface area (Å²) in [5, 5.41) is 0. The molecule has 0 aromatic heterocycles. The van der Waals surface area contributed by atoms with Gasteiger partial charge in [0.05, 0.1) is 43.7 Å². The number of carbonyl (C=O) groups excluding carboxylic acids is 3. The maximum atomic E-state index is 12.5. The molecule has 0 unspecified atom stereocenters. The van der Waals surface area contributed by atoms with Crippen LogP contribution in [0, 0.1) is 17.8 Å². The number of methoxy groups -OCH3 is 1. The van der Waals surface area contributed by atoms with E-state index in [2.05, 4.69) is 0 Å².